The molecule has 0 aromatic carbocycles. The molecule has 0 saturated carbocycles. The maximum atomic E-state index is 11.9. The van der Waals surface area contributed by atoms with Crippen molar-refractivity contribution in [2.24, 2.45) is 17.1 Å². The van der Waals surface area contributed by atoms with E-state index in [1.807, 2.05) is 0 Å². The van der Waals surface area contributed by atoms with Crippen molar-refractivity contribution in [2.45, 2.75) is 40.0 Å². The summed E-state index contributed by atoms with van der Waals surface area (Å²) in [7, 11) is 0. The van der Waals surface area contributed by atoms with E-state index in [1.165, 1.54) is 6.20 Å². The Bertz CT molecular complexity index is 445. The van der Waals surface area contributed by atoms with Gasteiger partial charge in [-0.25, -0.2) is 9.97 Å². The fourth-order valence-electron chi connectivity index (χ4n) is 2.13. The Labute approximate surface area is 125 Å². The number of rotatable bonds is 6. The average molecular weight is 299 g/mol. The molecule has 20 heavy (non-hydrogen) atoms. The molecule has 1 amide bonds. The van der Waals surface area contributed by atoms with E-state index in [2.05, 4.69) is 36.1 Å². The number of nitrogens with one attached hydrogen (secondary N) is 1. The summed E-state index contributed by atoms with van der Waals surface area (Å²) < 4.78 is 0. The molecule has 0 bridgehead atoms. The molecule has 0 saturated heterocycles. The third kappa shape index (κ3) is 5.84. The van der Waals surface area contributed by atoms with Gasteiger partial charge in [-0.1, -0.05) is 20.8 Å². The van der Waals surface area contributed by atoms with Gasteiger partial charge < -0.3 is 11.1 Å². The van der Waals surface area contributed by atoms with Crippen molar-refractivity contribution in [2.75, 3.05) is 11.9 Å². The standard InChI is InChI=1S/C14H23ClN4O/c1-14(2,3)10(6-8-16)4-5-12(20)18-11-7-9-17-13(15)19-11/h7,9-10H,4-6,8,16H2,1-3H3,(H,17,18,19,20). The van der Waals surface area contributed by atoms with E-state index in [-0.39, 0.29) is 16.6 Å². The lowest BCUT2D eigenvalue weighted by Gasteiger charge is -2.30. The van der Waals surface area contributed by atoms with Gasteiger partial charge in [0.15, 0.2) is 0 Å². The summed E-state index contributed by atoms with van der Waals surface area (Å²) >= 11 is 5.67. The van der Waals surface area contributed by atoms with Gasteiger partial charge in [-0.05, 0) is 48.4 Å². The molecule has 1 rings (SSSR count). The van der Waals surface area contributed by atoms with Gasteiger partial charge >= 0.3 is 0 Å². The summed E-state index contributed by atoms with van der Waals surface area (Å²) in [6.45, 7) is 7.17. The van der Waals surface area contributed by atoms with Crippen LogP contribution >= 0.6 is 11.6 Å². The zero-order valence-corrected chi connectivity index (χ0v) is 13.1. The minimum atomic E-state index is -0.0639. The van der Waals surface area contributed by atoms with Crippen LogP contribution in [0.4, 0.5) is 5.82 Å². The third-order valence-corrected chi connectivity index (χ3v) is 3.54. The number of hydrogen-bond acceptors (Lipinski definition) is 4. The van der Waals surface area contributed by atoms with Crippen LogP contribution in [0.15, 0.2) is 12.3 Å². The van der Waals surface area contributed by atoms with Crippen LogP contribution in [-0.2, 0) is 4.79 Å². The zero-order valence-electron chi connectivity index (χ0n) is 12.3. The summed E-state index contributed by atoms with van der Waals surface area (Å²) in [5.41, 5.74) is 5.79. The van der Waals surface area contributed by atoms with E-state index in [4.69, 9.17) is 17.3 Å². The predicted octanol–water partition coefficient (Wildman–Crippen LogP) is 2.86. The summed E-state index contributed by atoms with van der Waals surface area (Å²) in [5, 5.41) is 2.85. The maximum absolute atomic E-state index is 11.9. The van der Waals surface area contributed by atoms with Crippen molar-refractivity contribution in [3.05, 3.63) is 17.5 Å². The lowest BCUT2D eigenvalue weighted by molar-refractivity contribution is -0.116. The van der Waals surface area contributed by atoms with Gasteiger partial charge in [-0.2, -0.15) is 0 Å². The van der Waals surface area contributed by atoms with Gasteiger partial charge in [-0.15, -0.1) is 0 Å². The zero-order chi connectivity index (χ0) is 15.2. The molecular weight excluding hydrogens is 276 g/mol. The first-order chi connectivity index (χ1) is 9.32. The van der Waals surface area contributed by atoms with Crippen molar-refractivity contribution in [3.63, 3.8) is 0 Å². The Morgan fingerprint density at radius 1 is 1.45 bits per heavy atom. The monoisotopic (exact) mass is 298 g/mol. The molecular formula is C14H23ClN4O. The Balaban J connectivity index is 2.50. The Morgan fingerprint density at radius 3 is 2.70 bits per heavy atom. The summed E-state index contributed by atoms with van der Waals surface area (Å²) in [6, 6.07) is 1.62. The molecule has 6 heteroatoms. The molecule has 1 heterocycles. The number of aromatic nitrogens is 2. The van der Waals surface area contributed by atoms with E-state index in [0.717, 1.165) is 12.8 Å². The van der Waals surface area contributed by atoms with Gasteiger partial charge in [0.1, 0.15) is 5.82 Å². The second-order valence-corrected chi connectivity index (χ2v) is 6.28. The first-order valence-corrected chi connectivity index (χ1v) is 7.19. The molecule has 0 radical (unpaired) electrons. The smallest absolute Gasteiger partial charge is 0.225 e. The number of amides is 1. The van der Waals surface area contributed by atoms with E-state index < -0.39 is 0 Å². The van der Waals surface area contributed by atoms with Gasteiger partial charge in [0.2, 0.25) is 11.2 Å². The average Bonchev–Trinajstić information content (AvgIpc) is 2.33. The highest BCUT2D eigenvalue weighted by molar-refractivity contribution is 6.28. The fraction of sp³-hybridized carbons (Fsp3) is 0.643. The minimum absolute atomic E-state index is 0.0639. The molecule has 0 fully saturated rings. The van der Waals surface area contributed by atoms with E-state index >= 15 is 0 Å². The molecule has 0 aliphatic heterocycles. The van der Waals surface area contributed by atoms with Gasteiger partial charge in [0.05, 0.1) is 0 Å². The van der Waals surface area contributed by atoms with Crippen molar-refractivity contribution >= 4 is 23.3 Å². The largest absolute Gasteiger partial charge is 0.330 e. The number of carbonyl (C=O) groups excluding carboxylic acids is 1. The third-order valence-electron chi connectivity index (χ3n) is 3.35. The topological polar surface area (TPSA) is 80.9 Å². The molecule has 3 N–H and O–H groups in total. The first-order valence-electron chi connectivity index (χ1n) is 6.81. The Kier molecular flexibility index (Phi) is 6.36. The second kappa shape index (κ2) is 7.55. The number of carbonyl (C=O) groups is 1. The fourth-order valence-corrected chi connectivity index (χ4v) is 2.27. The number of hydrogen-bond donors (Lipinski definition) is 2. The normalized spacial score (nSPS) is 13.1. The highest BCUT2D eigenvalue weighted by Gasteiger charge is 2.24. The van der Waals surface area contributed by atoms with Gasteiger partial charge in [-0.3, -0.25) is 4.79 Å². The molecule has 1 aromatic rings. The summed E-state index contributed by atoms with van der Waals surface area (Å²) in [5.74, 6) is 0.791. The number of halogens is 1. The van der Waals surface area contributed by atoms with E-state index in [9.17, 15) is 4.79 Å². The van der Waals surface area contributed by atoms with Crippen LogP contribution < -0.4 is 11.1 Å². The highest BCUT2D eigenvalue weighted by atomic mass is 35.5. The van der Waals surface area contributed by atoms with Crippen molar-refractivity contribution in [1.82, 2.24) is 9.97 Å². The SMILES string of the molecule is CC(C)(C)C(CCN)CCC(=O)Nc1ccnc(Cl)n1. The lowest BCUT2D eigenvalue weighted by Crippen LogP contribution is -2.25. The van der Waals surface area contributed by atoms with Crippen molar-refractivity contribution in [3.8, 4) is 0 Å². The summed E-state index contributed by atoms with van der Waals surface area (Å²) in [4.78, 5) is 19.6. The number of nitrogens with zero attached hydrogens (tertiary/aromatic N) is 2. The highest BCUT2D eigenvalue weighted by Crippen LogP contribution is 2.32. The quantitative estimate of drug-likeness (QED) is 0.791. The minimum Gasteiger partial charge on any atom is -0.330 e. The van der Waals surface area contributed by atoms with Crippen LogP contribution in [0.1, 0.15) is 40.0 Å². The molecule has 1 aromatic heterocycles. The van der Waals surface area contributed by atoms with Gasteiger partial charge in [0, 0.05) is 12.6 Å². The molecule has 0 aliphatic carbocycles. The van der Waals surface area contributed by atoms with E-state index in [1.54, 1.807) is 6.07 Å². The van der Waals surface area contributed by atoms with Crippen LogP contribution in [0, 0.1) is 11.3 Å². The van der Waals surface area contributed by atoms with E-state index in [0.29, 0.717) is 24.7 Å². The molecule has 112 valence electrons. The summed E-state index contributed by atoms with van der Waals surface area (Å²) in [6.07, 6.45) is 3.70. The van der Waals surface area contributed by atoms with Crippen LogP contribution in [0.25, 0.3) is 0 Å². The molecule has 0 aliphatic rings. The Morgan fingerprint density at radius 2 is 2.15 bits per heavy atom. The predicted molar refractivity (Wildman–Crippen MR) is 81.5 cm³/mol. The molecule has 0 spiro atoms. The lowest BCUT2D eigenvalue weighted by atomic mass is 9.76. The molecule has 1 unspecified atom stereocenters. The van der Waals surface area contributed by atoms with Crippen LogP contribution in [-0.4, -0.2) is 22.4 Å². The Hall–Kier alpha value is -1.20. The van der Waals surface area contributed by atoms with Crippen molar-refractivity contribution in [1.29, 1.82) is 0 Å². The number of anilines is 1. The van der Waals surface area contributed by atoms with Crippen LogP contribution in [0.5, 0.6) is 0 Å². The van der Waals surface area contributed by atoms with Crippen LogP contribution in [0.2, 0.25) is 5.28 Å². The maximum Gasteiger partial charge on any atom is 0.225 e. The number of nitrogens with two attached hydrogens (primary N) is 1. The molecule has 1 atom stereocenters. The van der Waals surface area contributed by atoms with Gasteiger partial charge in [0.25, 0.3) is 0 Å². The molecule has 5 nitrogen and oxygen atoms in total. The van der Waals surface area contributed by atoms with Crippen LogP contribution in [0.3, 0.4) is 0 Å². The first kappa shape index (κ1) is 16.9. The van der Waals surface area contributed by atoms with Crippen molar-refractivity contribution < 1.29 is 4.79 Å². The second-order valence-electron chi connectivity index (χ2n) is 5.94.